The molecular weight excluding hydrogens is 204 g/mol. The van der Waals surface area contributed by atoms with Gasteiger partial charge in [0.25, 0.3) is 0 Å². The van der Waals surface area contributed by atoms with Gasteiger partial charge in [-0.25, -0.2) is 0 Å². The molecule has 0 aliphatic carbocycles. The van der Waals surface area contributed by atoms with Crippen molar-refractivity contribution in [2.24, 2.45) is 11.7 Å². The Kier molecular flexibility index (Phi) is 5.77. The van der Waals surface area contributed by atoms with Crippen LogP contribution in [0.2, 0.25) is 0 Å². The Bertz CT molecular complexity index is 215. The monoisotopic (exact) mass is 228 g/mol. The number of rotatable bonds is 5. The molecule has 3 N–H and O–H groups in total. The molecule has 1 aliphatic rings. The summed E-state index contributed by atoms with van der Waals surface area (Å²) in [6.45, 7) is 5.72. The standard InChI is InChI=1S/C12H24N2O2/c1-3-4-11(13)12(15)14-9(2)10-5-7-16-8-6-10/h9-11H,3-8,13H2,1-2H3,(H,14,15). The molecule has 1 amide bonds. The van der Waals surface area contributed by atoms with Gasteiger partial charge in [-0.3, -0.25) is 4.79 Å². The van der Waals surface area contributed by atoms with Crippen molar-refractivity contribution in [3.8, 4) is 0 Å². The van der Waals surface area contributed by atoms with Crippen LogP contribution in [0.5, 0.6) is 0 Å². The molecule has 0 radical (unpaired) electrons. The number of carbonyl (C=O) groups is 1. The molecule has 16 heavy (non-hydrogen) atoms. The number of nitrogens with two attached hydrogens (primary N) is 1. The van der Waals surface area contributed by atoms with Gasteiger partial charge in [0, 0.05) is 19.3 Å². The van der Waals surface area contributed by atoms with Crippen LogP contribution in [0.4, 0.5) is 0 Å². The van der Waals surface area contributed by atoms with E-state index in [2.05, 4.69) is 12.2 Å². The Morgan fingerprint density at radius 1 is 1.50 bits per heavy atom. The minimum Gasteiger partial charge on any atom is -0.381 e. The van der Waals surface area contributed by atoms with E-state index in [1.165, 1.54) is 0 Å². The van der Waals surface area contributed by atoms with Crippen molar-refractivity contribution in [2.45, 2.75) is 51.6 Å². The lowest BCUT2D eigenvalue weighted by Gasteiger charge is -2.29. The van der Waals surface area contributed by atoms with Crippen molar-refractivity contribution >= 4 is 5.91 Å². The van der Waals surface area contributed by atoms with E-state index in [9.17, 15) is 4.79 Å². The predicted molar refractivity (Wildman–Crippen MR) is 64.0 cm³/mol. The SMILES string of the molecule is CCCC(N)C(=O)NC(C)C1CCOCC1. The van der Waals surface area contributed by atoms with Crippen LogP contribution in [0.25, 0.3) is 0 Å². The predicted octanol–water partition coefficient (Wildman–Crippen LogP) is 1.05. The summed E-state index contributed by atoms with van der Waals surface area (Å²) in [6.07, 6.45) is 3.77. The quantitative estimate of drug-likeness (QED) is 0.739. The summed E-state index contributed by atoms with van der Waals surface area (Å²) in [5, 5.41) is 3.01. The summed E-state index contributed by atoms with van der Waals surface area (Å²) in [5.41, 5.74) is 5.77. The molecule has 4 heteroatoms. The van der Waals surface area contributed by atoms with Gasteiger partial charge in [0.15, 0.2) is 0 Å². The molecule has 0 aromatic rings. The van der Waals surface area contributed by atoms with Crippen LogP contribution in [0, 0.1) is 5.92 Å². The number of hydrogen-bond acceptors (Lipinski definition) is 3. The van der Waals surface area contributed by atoms with Crippen LogP contribution < -0.4 is 11.1 Å². The van der Waals surface area contributed by atoms with Crippen LogP contribution in [0.15, 0.2) is 0 Å². The van der Waals surface area contributed by atoms with Crippen molar-refractivity contribution in [3.05, 3.63) is 0 Å². The molecule has 0 aromatic carbocycles. The highest BCUT2D eigenvalue weighted by molar-refractivity contribution is 5.81. The Balaban J connectivity index is 2.31. The van der Waals surface area contributed by atoms with Crippen LogP contribution in [0.3, 0.4) is 0 Å². The van der Waals surface area contributed by atoms with Crippen molar-refractivity contribution in [1.82, 2.24) is 5.32 Å². The van der Waals surface area contributed by atoms with Gasteiger partial charge in [0.05, 0.1) is 6.04 Å². The zero-order valence-corrected chi connectivity index (χ0v) is 10.4. The maximum absolute atomic E-state index is 11.7. The summed E-state index contributed by atoms with van der Waals surface area (Å²) in [5.74, 6) is 0.521. The normalized spacial score (nSPS) is 21.4. The molecule has 2 unspecified atom stereocenters. The third-order valence-electron chi connectivity index (χ3n) is 3.28. The van der Waals surface area contributed by atoms with Crippen LogP contribution in [-0.2, 0) is 9.53 Å². The number of hydrogen-bond donors (Lipinski definition) is 2. The fraction of sp³-hybridized carbons (Fsp3) is 0.917. The molecule has 0 bridgehead atoms. The fourth-order valence-corrected chi connectivity index (χ4v) is 2.11. The highest BCUT2D eigenvalue weighted by atomic mass is 16.5. The van der Waals surface area contributed by atoms with E-state index >= 15 is 0 Å². The molecule has 0 saturated carbocycles. The molecule has 2 atom stereocenters. The van der Waals surface area contributed by atoms with Crippen molar-refractivity contribution < 1.29 is 9.53 Å². The molecule has 1 aliphatic heterocycles. The smallest absolute Gasteiger partial charge is 0.237 e. The van der Waals surface area contributed by atoms with Gasteiger partial charge in [-0.05, 0) is 32.1 Å². The highest BCUT2D eigenvalue weighted by Crippen LogP contribution is 2.18. The first-order valence-corrected chi connectivity index (χ1v) is 6.28. The van der Waals surface area contributed by atoms with E-state index in [0.717, 1.165) is 38.9 Å². The molecule has 4 nitrogen and oxygen atoms in total. The first-order chi connectivity index (χ1) is 7.65. The zero-order chi connectivity index (χ0) is 12.0. The van der Waals surface area contributed by atoms with Gasteiger partial charge >= 0.3 is 0 Å². The maximum Gasteiger partial charge on any atom is 0.237 e. The van der Waals surface area contributed by atoms with Gasteiger partial charge in [-0.1, -0.05) is 13.3 Å². The minimum atomic E-state index is -0.354. The first-order valence-electron chi connectivity index (χ1n) is 6.28. The highest BCUT2D eigenvalue weighted by Gasteiger charge is 2.23. The summed E-state index contributed by atoms with van der Waals surface area (Å²) >= 11 is 0. The van der Waals surface area contributed by atoms with Crippen LogP contribution in [-0.4, -0.2) is 31.2 Å². The molecule has 94 valence electrons. The Labute approximate surface area is 97.9 Å². The minimum absolute atomic E-state index is 0.0131. The molecule has 1 rings (SSSR count). The second kappa shape index (κ2) is 6.86. The topological polar surface area (TPSA) is 64.4 Å². The number of amides is 1. The summed E-state index contributed by atoms with van der Waals surface area (Å²) in [6, 6.07) is -0.147. The molecule has 0 aromatic heterocycles. The molecule has 0 spiro atoms. The van der Waals surface area contributed by atoms with Gasteiger partial charge < -0.3 is 15.8 Å². The average Bonchev–Trinajstić information content (AvgIpc) is 2.30. The van der Waals surface area contributed by atoms with E-state index in [4.69, 9.17) is 10.5 Å². The van der Waals surface area contributed by atoms with E-state index < -0.39 is 0 Å². The Hall–Kier alpha value is -0.610. The van der Waals surface area contributed by atoms with Gasteiger partial charge in [0.1, 0.15) is 0 Å². The average molecular weight is 228 g/mol. The van der Waals surface area contributed by atoms with E-state index in [1.807, 2.05) is 6.92 Å². The van der Waals surface area contributed by atoms with Gasteiger partial charge in [-0.15, -0.1) is 0 Å². The van der Waals surface area contributed by atoms with Crippen molar-refractivity contribution in [2.75, 3.05) is 13.2 Å². The third-order valence-corrected chi connectivity index (χ3v) is 3.28. The lowest BCUT2D eigenvalue weighted by molar-refractivity contribution is -0.123. The Morgan fingerprint density at radius 3 is 2.69 bits per heavy atom. The summed E-state index contributed by atoms with van der Waals surface area (Å²) in [4.78, 5) is 11.7. The zero-order valence-electron chi connectivity index (χ0n) is 10.4. The van der Waals surface area contributed by atoms with Gasteiger partial charge in [-0.2, -0.15) is 0 Å². The van der Waals surface area contributed by atoms with Gasteiger partial charge in [0.2, 0.25) is 5.91 Å². The van der Waals surface area contributed by atoms with Crippen molar-refractivity contribution in [3.63, 3.8) is 0 Å². The first kappa shape index (κ1) is 13.5. The lowest BCUT2D eigenvalue weighted by atomic mass is 9.92. The fourth-order valence-electron chi connectivity index (χ4n) is 2.11. The maximum atomic E-state index is 11.7. The number of ether oxygens (including phenoxy) is 1. The molecular formula is C12H24N2O2. The lowest BCUT2D eigenvalue weighted by Crippen LogP contribution is -2.47. The van der Waals surface area contributed by atoms with Crippen LogP contribution in [0.1, 0.15) is 39.5 Å². The summed E-state index contributed by atoms with van der Waals surface area (Å²) < 4.78 is 5.30. The third kappa shape index (κ3) is 4.10. The van der Waals surface area contributed by atoms with Crippen LogP contribution >= 0.6 is 0 Å². The molecule has 1 fully saturated rings. The molecule has 1 heterocycles. The second-order valence-electron chi connectivity index (χ2n) is 4.64. The van der Waals surface area contributed by atoms with E-state index in [1.54, 1.807) is 0 Å². The molecule has 1 saturated heterocycles. The van der Waals surface area contributed by atoms with Crippen molar-refractivity contribution in [1.29, 1.82) is 0 Å². The number of nitrogens with one attached hydrogen (secondary N) is 1. The number of carbonyl (C=O) groups excluding carboxylic acids is 1. The largest absolute Gasteiger partial charge is 0.381 e. The van der Waals surface area contributed by atoms with E-state index in [-0.39, 0.29) is 18.0 Å². The Morgan fingerprint density at radius 2 is 2.12 bits per heavy atom. The second-order valence-corrected chi connectivity index (χ2v) is 4.64. The summed E-state index contributed by atoms with van der Waals surface area (Å²) in [7, 11) is 0. The van der Waals surface area contributed by atoms with E-state index in [0.29, 0.717) is 5.92 Å².